The number of carbonyl (C=O) groups is 1. The van der Waals surface area contributed by atoms with Crippen LogP contribution < -0.4 is 20.4 Å². The highest BCUT2D eigenvalue weighted by atomic mass is 35.5. The Labute approximate surface area is 224 Å². The first-order valence-electron chi connectivity index (χ1n) is 12.1. The van der Waals surface area contributed by atoms with Crippen molar-refractivity contribution in [3.63, 3.8) is 0 Å². The van der Waals surface area contributed by atoms with Crippen LogP contribution in [0.25, 0.3) is 0 Å². The molecule has 0 atom stereocenters. The van der Waals surface area contributed by atoms with Crippen molar-refractivity contribution < 1.29 is 9.18 Å². The summed E-state index contributed by atoms with van der Waals surface area (Å²) in [5.41, 5.74) is 2.75. The number of halogens is 2. The number of carbonyl (C=O) groups excluding carboxylic acids is 1. The maximum absolute atomic E-state index is 13.3. The van der Waals surface area contributed by atoms with Gasteiger partial charge in [-0.05, 0) is 49.7 Å². The summed E-state index contributed by atoms with van der Waals surface area (Å²) in [6.45, 7) is 6.59. The molecule has 0 spiro atoms. The van der Waals surface area contributed by atoms with Crippen LogP contribution in [0.1, 0.15) is 21.9 Å². The van der Waals surface area contributed by atoms with E-state index in [2.05, 4.69) is 40.4 Å². The molecule has 0 radical (unpaired) electrons. The zero-order valence-electron chi connectivity index (χ0n) is 21.2. The second kappa shape index (κ2) is 10.6. The van der Waals surface area contributed by atoms with Crippen LogP contribution in [0.15, 0.2) is 48.7 Å². The number of aromatic nitrogens is 5. The number of hydrogen-bond acceptors (Lipinski definition) is 8. The lowest BCUT2D eigenvalue weighted by atomic mass is 10.2. The largest absolute Gasteiger partial charge is 0.368 e. The number of amides is 1. The third-order valence-electron chi connectivity index (χ3n) is 6.39. The summed E-state index contributed by atoms with van der Waals surface area (Å²) in [5, 5.41) is 6.43. The van der Waals surface area contributed by atoms with E-state index in [0.29, 0.717) is 53.2 Å². The van der Waals surface area contributed by atoms with Crippen molar-refractivity contribution in [3.8, 4) is 0 Å². The Morgan fingerprint density at radius 3 is 2.39 bits per heavy atom. The molecule has 0 aliphatic carbocycles. The van der Waals surface area contributed by atoms with Gasteiger partial charge in [-0.2, -0.15) is 15.0 Å². The molecule has 1 amide bonds. The van der Waals surface area contributed by atoms with Gasteiger partial charge in [0.2, 0.25) is 17.8 Å². The lowest BCUT2D eigenvalue weighted by molar-refractivity contribution is 0.101. The van der Waals surface area contributed by atoms with E-state index in [0.717, 1.165) is 24.3 Å². The van der Waals surface area contributed by atoms with Gasteiger partial charge in [0.1, 0.15) is 17.3 Å². The average Bonchev–Trinajstić information content (AvgIpc) is 3.26. The summed E-state index contributed by atoms with van der Waals surface area (Å²) in [6, 6.07) is 12.0. The van der Waals surface area contributed by atoms with Gasteiger partial charge in [0, 0.05) is 38.9 Å². The molecule has 0 saturated carbocycles. The number of hydrogen-bond donors (Lipinski definition) is 2. The van der Waals surface area contributed by atoms with E-state index in [-0.39, 0.29) is 11.7 Å². The molecule has 3 heterocycles. The normalized spacial score (nSPS) is 13.5. The molecule has 38 heavy (non-hydrogen) atoms. The molecule has 10 nitrogen and oxygen atoms in total. The van der Waals surface area contributed by atoms with E-state index >= 15 is 0 Å². The third kappa shape index (κ3) is 5.37. The van der Waals surface area contributed by atoms with Gasteiger partial charge in [-0.1, -0.05) is 23.7 Å². The van der Waals surface area contributed by atoms with E-state index in [9.17, 15) is 9.18 Å². The minimum absolute atomic E-state index is 0.246. The molecule has 2 aromatic heterocycles. The van der Waals surface area contributed by atoms with Crippen molar-refractivity contribution in [2.45, 2.75) is 13.8 Å². The molecule has 1 aliphatic rings. The minimum Gasteiger partial charge on any atom is -0.368 e. The molecule has 2 aromatic carbocycles. The number of para-hydroxylation sites is 1. The molecule has 1 aliphatic heterocycles. The molecule has 5 rings (SSSR count). The first-order valence-corrected chi connectivity index (χ1v) is 12.5. The molecule has 2 N–H and O–H groups in total. The van der Waals surface area contributed by atoms with Crippen molar-refractivity contribution in [2.75, 3.05) is 46.6 Å². The molecule has 196 valence electrons. The molecule has 1 saturated heterocycles. The smallest absolute Gasteiger partial charge is 0.274 e. The van der Waals surface area contributed by atoms with Gasteiger partial charge in [-0.25, -0.2) is 9.37 Å². The molecule has 4 aromatic rings. The van der Waals surface area contributed by atoms with Crippen molar-refractivity contribution in [1.82, 2.24) is 24.5 Å². The summed E-state index contributed by atoms with van der Waals surface area (Å²) >= 11 is 6.26. The first-order chi connectivity index (χ1) is 18.3. The Hall–Kier alpha value is -4.25. The van der Waals surface area contributed by atoms with Crippen LogP contribution in [0, 0.1) is 19.7 Å². The number of piperazine rings is 1. The molecular formula is C26H27ClFN9O. The SMILES string of the molecule is Cc1nc(Nc2ncc(C(=O)Nc3c(C)cccc3Cl)n2C)nc(N2CCN(c3ccc(F)cc3)CC2)n1. The Morgan fingerprint density at radius 2 is 1.68 bits per heavy atom. The predicted molar refractivity (Wildman–Crippen MR) is 146 cm³/mol. The molecule has 1 fully saturated rings. The van der Waals surface area contributed by atoms with E-state index in [1.54, 1.807) is 36.7 Å². The van der Waals surface area contributed by atoms with Crippen LogP contribution in [0.5, 0.6) is 0 Å². The Balaban J connectivity index is 1.28. The van der Waals surface area contributed by atoms with E-state index in [1.807, 2.05) is 19.1 Å². The molecule has 12 heteroatoms. The van der Waals surface area contributed by atoms with Gasteiger partial charge < -0.3 is 19.7 Å². The summed E-state index contributed by atoms with van der Waals surface area (Å²) in [5.74, 6) is 1.26. The highest BCUT2D eigenvalue weighted by molar-refractivity contribution is 6.34. The minimum atomic E-state index is -0.337. The number of nitrogens with one attached hydrogen (secondary N) is 2. The maximum atomic E-state index is 13.3. The van der Waals surface area contributed by atoms with Crippen LogP contribution in [0.4, 0.5) is 33.6 Å². The lowest BCUT2D eigenvalue weighted by Gasteiger charge is -2.36. The van der Waals surface area contributed by atoms with Crippen LogP contribution in [0.2, 0.25) is 5.02 Å². The second-order valence-corrected chi connectivity index (χ2v) is 9.40. The first kappa shape index (κ1) is 25.4. The average molecular weight is 536 g/mol. The fraction of sp³-hybridized carbons (Fsp3) is 0.269. The van der Waals surface area contributed by atoms with Gasteiger partial charge in [-0.15, -0.1) is 0 Å². The van der Waals surface area contributed by atoms with E-state index < -0.39 is 0 Å². The number of rotatable bonds is 6. The van der Waals surface area contributed by atoms with Crippen LogP contribution in [-0.2, 0) is 7.05 Å². The van der Waals surface area contributed by atoms with Gasteiger partial charge in [0.15, 0.2) is 0 Å². The number of benzene rings is 2. The summed E-state index contributed by atoms with van der Waals surface area (Å²) in [6.07, 6.45) is 1.48. The Kier molecular flexibility index (Phi) is 7.10. The lowest BCUT2D eigenvalue weighted by Crippen LogP contribution is -2.47. The standard InChI is InChI=1S/C26H27ClFN9O/c1-16-5-4-6-20(27)22(16)32-23(38)21-15-29-25(35(21)3)33-24-30-17(2)31-26(34-24)37-13-11-36(12-14-37)19-9-7-18(28)8-10-19/h4-10,15H,11-14H2,1-3H3,(H,32,38)(H,29,30,31,33,34). The summed E-state index contributed by atoms with van der Waals surface area (Å²) in [4.78, 5) is 35.1. The van der Waals surface area contributed by atoms with E-state index in [4.69, 9.17) is 11.6 Å². The fourth-order valence-electron chi connectivity index (χ4n) is 4.29. The van der Waals surface area contributed by atoms with Crippen molar-refractivity contribution in [2.24, 2.45) is 7.05 Å². The Bertz CT molecular complexity index is 1450. The Morgan fingerprint density at radius 1 is 0.974 bits per heavy atom. The van der Waals surface area contributed by atoms with Crippen molar-refractivity contribution in [3.05, 3.63) is 76.6 Å². The monoisotopic (exact) mass is 535 g/mol. The zero-order chi connectivity index (χ0) is 26.8. The fourth-order valence-corrected chi connectivity index (χ4v) is 4.56. The second-order valence-electron chi connectivity index (χ2n) is 8.99. The van der Waals surface area contributed by atoms with Gasteiger partial charge in [0.05, 0.1) is 16.9 Å². The highest BCUT2D eigenvalue weighted by Crippen LogP contribution is 2.26. The maximum Gasteiger partial charge on any atom is 0.274 e. The van der Waals surface area contributed by atoms with Crippen molar-refractivity contribution >= 4 is 46.7 Å². The van der Waals surface area contributed by atoms with Crippen molar-refractivity contribution in [1.29, 1.82) is 0 Å². The van der Waals surface area contributed by atoms with Gasteiger partial charge >= 0.3 is 0 Å². The number of nitrogens with zero attached hydrogens (tertiary/aromatic N) is 7. The quantitative estimate of drug-likeness (QED) is 0.376. The van der Waals surface area contributed by atoms with E-state index in [1.165, 1.54) is 18.3 Å². The number of anilines is 5. The van der Waals surface area contributed by atoms with Crippen LogP contribution >= 0.6 is 11.6 Å². The summed E-state index contributed by atoms with van der Waals surface area (Å²) < 4.78 is 14.9. The molecule has 0 bridgehead atoms. The number of imidazole rings is 1. The van der Waals surface area contributed by atoms with Crippen LogP contribution in [-0.4, -0.2) is 56.6 Å². The molecule has 0 unspecified atom stereocenters. The van der Waals surface area contributed by atoms with Crippen LogP contribution in [0.3, 0.4) is 0 Å². The van der Waals surface area contributed by atoms with Gasteiger partial charge in [-0.3, -0.25) is 10.1 Å². The third-order valence-corrected chi connectivity index (χ3v) is 6.71. The topological polar surface area (TPSA) is 104 Å². The predicted octanol–water partition coefficient (Wildman–Crippen LogP) is 4.34. The number of aryl methyl sites for hydroxylation is 2. The molecular weight excluding hydrogens is 509 g/mol. The zero-order valence-corrected chi connectivity index (χ0v) is 22.0. The highest BCUT2D eigenvalue weighted by Gasteiger charge is 2.22. The van der Waals surface area contributed by atoms with Gasteiger partial charge in [0.25, 0.3) is 5.91 Å². The summed E-state index contributed by atoms with van der Waals surface area (Å²) in [7, 11) is 1.73.